The number of hydrogen-bond acceptors (Lipinski definition) is 4. The van der Waals surface area contributed by atoms with Gasteiger partial charge in [0.15, 0.2) is 0 Å². The molecule has 1 aromatic heterocycles. The number of hydrogen-bond donors (Lipinski definition) is 1. The fraction of sp³-hybridized carbons (Fsp3) is 0.231. The predicted octanol–water partition coefficient (Wildman–Crippen LogP) is 2.37. The summed E-state index contributed by atoms with van der Waals surface area (Å²) in [7, 11) is 0. The number of hydrazone groups is 1. The topological polar surface area (TPSA) is 51.4 Å². The van der Waals surface area contributed by atoms with E-state index in [1.54, 1.807) is 6.07 Å². The van der Waals surface area contributed by atoms with Gasteiger partial charge in [-0.05, 0) is 12.1 Å². The Kier molecular flexibility index (Phi) is 3.51. The van der Waals surface area contributed by atoms with E-state index in [-0.39, 0.29) is 11.1 Å². The summed E-state index contributed by atoms with van der Waals surface area (Å²) in [5, 5.41) is 7.42. The molecular weight excluding hydrogens is 285 g/mol. The van der Waals surface area contributed by atoms with Crippen LogP contribution in [0.1, 0.15) is 12.1 Å². The van der Waals surface area contributed by atoms with Crippen LogP contribution in [0, 0.1) is 5.82 Å². The molecule has 1 aromatic carbocycles. The van der Waals surface area contributed by atoms with Crippen LogP contribution in [0.3, 0.4) is 0 Å². The molecule has 0 spiro atoms. The maximum absolute atomic E-state index is 14.1. The van der Waals surface area contributed by atoms with Crippen LogP contribution in [0.25, 0.3) is 11.1 Å². The molecule has 0 radical (unpaired) electrons. The Bertz CT molecular complexity index is 684. The van der Waals surface area contributed by atoms with Gasteiger partial charge in [0.2, 0.25) is 5.90 Å². The highest BCUT2D eigenvalue weighted by molar-refractivity contribution is 5.94. The summed E-state index contributed by atoms with van der Waals surface area (Å²) < 4.78 is 44.9. The van der Waals surface area contributed by atoms with Gasteiger partial charge in [-0.25, -0.2) is 9.07 Å². The summed E-state index contributed by atoms with van der Waals surface area (Å²) in [6.07, 6.45) is 2.29. The molecular formula is C13H11F3N4O. The Morgan fingerprint density at radius 2 is 2.14 bits per heavy atom. The van der Waals surface area contributed by atoms with Crippen molar-refractivity contribution in [3.8, 4) is 11.1 Å². The Balaban J connectivity index is 1.91. The molecule has 1 aliphatic rings. The lowest BCUT2D eigenvalue weighted by Crippen LogP contribution is -2.26. The van der Waals surface area contributed by atoms with Crippen molar-refractivity contribution in [1.29, 1.82) is 0 Å². The van der Waals surface area contributed by atoms with Crippen LogP contribution in [0.2, 0.25) is 0 Å². The average molecular weight is 296 g/mol. The molecule has 0 aliphatic carbocycles. The molecule has 1 N–H and O–H groups in total. The number of halogens is 3. The van der Waals surface area contributed by atoms with E-state index in [1.165, 1.54) is 18.3 Å². The normalized spacial score (nSPS) is 14.6. The lowest BCUT2D eigenvalue weighted by molar-refractivity contribution is 0.0566. The first-order chi connectivity index (χ1) is 10.1. The molecule has 0 fully saturated rings. The number of benzene rings is 1. The lowest BCUT2D eigenvalue weighted by Gasteiger charge is -2.15. The minimum Gasteiger partial charge on any atom is -0.474 e. The minimum absolute atomic E-state index is 0.190. The Labute approximate surface area is 118 Å². The second kappa shape index (κ2) is 5.47. The highest BCUT2D eigenvalue weighted by atomic mass is 19.3. The molecule has 8 heteroatoms. The van der Waals surface area contributed by atoms with Crippen molar-refractivity contribution in [2.24, 2.45) is 5.10 Å². The highest BCUT2D eigenvalue weighted by Gasteiger charge is 2.15. The van der Waals surface area contributed by atoms with Gasteiger partial charge in [-0.1, -0.05) is 6.07 Å². The molecule has 0 atom stereocenters. The summed E-state index contributed by atoms with van der Waals surface area (Å²) >= 11 is 0. The van der Waals surface area contributed by atoms with Gasteiger partial charge in [0, 0.05) is 22.9 Å². The summed E-state index contributed by atoms with van der Waals surface area (Å²) in [6, 6.07) is 4.35. The predicted molar refractivity (Wildman–Crippen MR) is 69.4 cm³/mol. The van der Waals surface area contributed by atoms with Gasteiger partial charge in [-0.3, -0.25) is 0 Å². The zero-order valence-electron chi connectivity index (χ0n) is 10.8. The summed E-state index contributed by atoms with van der Waals surface area (Å²) in [5.74, 6) is -0.256. The fourth-order valence-corrected chi connectivity index (χ4v) is 1.97. The van der Waals surface area contributed by atoms with E-state index in [4.69, 9.17) is 4.74 Å². The van der Waals surface area contributed by atoms with Gasteiger partial charge in [-0.2, -0.15) is 13.9 Å². The van der Waals surface area contributed by atoms with Crippen LogP contribution in [0.15, 0.2) is 35.7 Å². The molecule has 2 aromatic rings. The molecule has 21 heavy (non-hydrogen) atoms. The first-order valence-electron chi connectivity index (χ1n) is 6.21. The van der Waals surface area contributed by atoms with Gasteiger partial charge in [-0.15, -0.1) is 5.10 Å². The van der Waals surface area contributed by atoms with E-state index in [0.29, 0.717) is 29.3 Å². The van der Waals surface area contributed by atoms with Crippen molar-refractivity contribution < 1.29 is 17.9 Å². The summed E-state index contributed by atoms with van der Waals surface area (Å²) in [6.45, 7) is -1.71. The third kappa shape index (κ3) is 2.69. The van der Waals surface area contributed by atoms with E-state index in [2.05, 4.69) is 15.6 Å². The van der Waals surface area contributed by atoms with Crippen molar-refractivity contribution >= 4 is 5.90 Å². The van der Waals surface area contributed by atoms with E-state index in [9.17, 15) is 13.2 Å². The fourth-order valence-electron chi connectivity index (χ4n) is 1.97. The van der Waals surface area contributed by atoms with E-state index in [1.807, 2.05) is 0 Å². The molecule has 5 nitrogen and oxygen atoms in total. The molecule has 0 saturated carbocycles. The van der Waals surface area contributed by atoms with Crippen LogP contribution < -0.4 is 5.43 Å². The number of nitrogens with one attached hydrogen (secondary N) is 1. The first kappa shape index (κ1) is 13.5. The van der Waals surface area contributed by atoms with Crippen LogP contribution in [-0.2, 0) is 4.74 Å². The second-order valence-electron chi connectivity index (χ2n) is 4.35. The van der Waals surface area contributed by atoms with Crippen molar-refractivity contribution in [3.63, 3.8) is 0 Å². The summed E-state index contributed by atoms with van der Waals surface area (Å²) in [5.41, 5.74) is 3.71. The SMILES string of the molecule is Fc1cc(C2=NNCCO2)ccc1-c1cnn(C(F)F)c1. The van der Waals surface area contributed by atoms with Gasteiger partial charge in [0.1, 0.15) is 12.4 Å². The highest BCUT2D eigenvalue weighted by Crippen LogP contribution is 2.25. The molecule has 0 saturated heterocycles. The van der Waals surface area contributed by atoms with Gasteiger partial charge in [0.25, 0.3) is 0 Å². The maximum Gasteiger partial charge on any atom is 0.333 e. The third-order valence-electron chi connectivity index (χ3n) is 2.96. The Morgan fingerprint density at radius 3 is 2.76 bits per heavy atom. The Morgan fingerprint density at radius 1 is 1.29 bits per heavy atom. The van der Waals surface area contributed by atoms with E-state index < -0.39 is 12.4 Å². The number of rotatable bonds is 3. The monoisotopic (exact) mass is 296 g/mol. The quantitative estimate of drug-likeness (QED) is 0.946. The van der Waals surface area contributed by atoms with Crippen molar-refractivity contribution in [3.05, 3.63) is 42.0 Å². The number of nitrogens with zero attached hydrogens (tertiary/aromatic N) is 3. The maximum atomic E-state index is 14.1. The zero-order chi connectivity index (χ0) is 14.8. The molecule has 0 unspecified atom stereocenters. The molecule has 0 bridgehead atoms. The van der Waals surface area contributed by atoms with E-state index in [0.717, 1.165) is 6.20 Å². The van der Waals surface area contributed by atoms with Crippen molar-refractivity contribution in [2.75, 3.05) is 13.2 Å². The standard InChI is InChI=1S/C13H11F3N4O/c14-11-5-8(12-19-17-3-4-21-12)1-2-10(11)9-6-18-20(7-9)13(15)16/h1-2,5-7,13,17H,3-4H2. The van der Waals surface area contributed by atoms with Crippen molar-refractivity contribution in [1.82, 2.24) is 15.2 Å². The van der Waals surface area contributed by atoms with Crippen LogP contribution in [0.4, 0.5) is 13.2 Å². The van der Waals surface area contributed by atoms with Gasteiger partial charge in [0.05, 0.1) is 12.7 Å². The van der Waals surface area contributed by atoms with Crippen LogP contribution >= 0.6 is 0 Å². The molecule has 2 heterocycles. The Hall–Kier alpha value is -2.51. The molecule has 110 valence electrons. The van der Waals surface area contributed by atoms with Crippen molar-refractivity contribution in [2.45, 2.75) is 6.55 Å². The number of ether oxygens (including phenoxy) is 1. The number of alkyl halides is 2. The third-order valence-corrected chi connectivity index (χ3v) is 2.96. The smallest absolute Gasteiger partial charge is 0.333 e. The van der Waals surface area contributed by atoms with E-state index >= 15 is 0 Å². The van der Waals surface area contributed by atoms with Crippen LogP contribution in [-0.4, -0.2) is 28.8 Å². The average Bonchev–Trinajstić information content (AvgIpc) is 2.98. The molecule has 3 rings (SSSR count). The minimum atomic E-state index is -2.75. The van der Waals surface area contributed by atoms with Gasteiger partial charge >= 0.3 is 6.55 Å². The zero-order valence-corrected chi connectivity index (χ0v) is 10.8. The summed E-state index contributed by atoms with van der Waals surface area (Å²) in [4.78, 5) is 0. The largest absolute Gasteiger partial charge is 0.474 e. The lowest BCUT2D eigenvalue weighted by atomic mass is 10.1. The molecule has 0 amide bonds. The molecule has 1 aliphatic heterocycles. The van der Waals surface area contributed by atoms with Crippen LogP contribution in [0.5, 0.6) is 0 Å². The van der Waals surface area contributed by atoms with Gasteiger partial charge < -0.3 is 10.2 Å². The first-order valence-corrected chi connectivity index (χ1v) is 6.21. The second-order valence-corrected chi connectivity index (χ2v) is 4.35. The number of aromatic nitrogens is 2.